The number of ether oxygens (including phenoxy) is 1. The summed E-state index contributed by atoms with van der Waals surface area (Å²) in [5.74, 6) is 0.138. The molecular formula is C9H17ClN2O2. The highest BCUT2D eigenvalue weighted by Crippen LogP contribution is 2.27. The summed E-state index contributed by atoms with van der Waals surface area (Å²) < 4.78 is 5.78. The monoisotopic (exact) mass is 220 g/mol. The van der Waals surface area contributed by atoms with Gasteiger partial charge in [0.05, 0.1) is 18.6 Å². The molecule has 0 saturated carbocycles. The zero-order chi connectivity index (χ0) is 9.15. The van der Waals surface area contributed by atoms with E-state index in [2.05, 4.69) is 10.6 Å². The molecule has 2 N–H and O–H groups in total. The molecule has 2 saturated heterocycles. The van der Waals surface area contributed by atoms with Crippen LogP contribution in [-0.4, -0.2) is 37.7 Å². The van der Waals surface area contributed by atoms with Crippen LogP contribution in [-0.2, 0) is 9.53 Å². The van der Waals surface area contributed by atoms with E-state index in [1.54, 1.807) is 0 Å². The second kappa shape index (κ2) is 4.96. The Morgan fingerprint density at radius 2 is 1.93 bits per heavy atom. The Hall–Kier alpha value is -0.320. The average molecular weight is 221 g/mol. The third-order valence-electron chi connectivity index (χ3n) is 2.83. The number of nitrogens with one attached hydrogen (secondary N) is 2. The number of rotatable bonds is 0. The minimum Gasteiger partial charge on any atom is -0.373 e. The fourth-order valence-electron chi connectivity index (χ4n) is 2.07. The molecule has 2 fully saturated rings. The Kier molecular flexibility index (Phi) is 4.16. The summed E-state index contributed by atoms with van der Waals surface area (Å²) in [4.78, 5) is 11.3. The fourth-order valence-corrected chi connectivity index (χ4v) is 2.07. The zero-order valence-electron chi connectivity index (χ0n) is 8.17. The molecule has 14 heavy (non-hydrogen) atoms. The third-order valence-corrected chi connectivity index (χ3v) is 2.83. The number of piperidine rings is 1. The van der Waals surface area contributed by atoms with Gasteiger partial charge in [0.25, 0.3) is 0 Å². The van der Waals surface area contributed by atoms with Crippen LogP contribution in [0.5, 0.6) is 0 Å². The second-order valence-electron chi connectivity index (χ2n) is 3.81. The predicted molar refractivity (Wildman–Crippen MR) is 55.7 cm³/mol. The molecule has 4 nitrogen and oxygen atoms in total. The number of hydrogen-bond acceptors (Lipinski definition) is 3. The van der Waals surface area contributed by atoms with Gasteiger partial charge in [0.1, 0.15) is 0 Å². The molecule has 0 atom stereocenters. The Bertz CT molecular complexity index is 205. The van der Waals surface area contributed by atoms with E-state index in [9.17, 15) is 4.79 Å². The van der Waals surface area contributed by atoms with Crippen LogP contribution in [0.2, 0.25) is 0 Å². The van der Waals surface area contributed by atoms with Gasteiger partial charge in [-0.25, -0.2) is 0 Å². The molecule has 0 bridgehead atoms. The van der Waals surface area contributed by atoms with Gasteiger partial charge in [-0.15, -0.1) is 12.4 Å². The van der Waals surface area contributed by atoms with Gasteiger partial charge in [-0.1, -0.05) is 0 Å². The van der Waals surface area contributed by atoms with Crippen LogP contribution in [0, 0.1) is 0 Å². The van der Waals surface area contributed by atoms with E-state index in [1.807, 2.05) is 0 Å². The predicted octanol–water partition coefficient (Wildman–Crippen LogP) is 0.0669. The highest BCUT2D eigenvalue weighted by Gasteiger charge is 2.36. The Morgan fingerprint density at radius 1 is 1.21 bits per heavy atom. The molecule has 0 unspecified atom stereocenters. The molecule has 0 aromatic heterocycles. The van der Waals surface area contributed by atoms with E-state index in [0.717, 1.165) is 25.9 Å². The first kappa shape index (κ1) is 11.8. The van der Waals surface area contributed by atoms with Gasteiger partial charge >= 0.3 is 0 Å². The van der Waals surface area contributed by atoms with Crippen molar-refractivity contribution in [3.63, 3.8) is 0 Å². The van der Waals surface area contributed by atoms with E-state index in [0.29, 0.717) is 19.6 Å². The minimum absolute atomic E-state index is 0. The second-order valence-corrected chi connectivity index (χ2v) is 3.81. The van der Waals surface area contributed by atoms with E-state index in [1.165, 1.54) is 0 Å². The molecule has 1 spiro atoms. The van der Waals surface area contributed by atoms with Crippen LogP contribution >= 0.6 is 12.4 Å². The van der Waals surface area contributed by atoms with Crippen molar-refractivity contribution in [2.45, 2.75) is 24.9 Å². The van der Waals surface area contributed by atoms with Crippen LogP contribution in [0.1, 0.15) is 19.3 Å². The van der Waals surface area contributed by atoms with E-state index in [-0.39, 0.29) is 23.9 Å². The molecule has 2 heterocycles. The molecule has 0 aromatic rings. The molecule has 5 heteroatoms. The maximum atomic E-state index is 11.3. The fraction of sp³-hybridized carbons (Fsp3) is 0.889. The normalized spacial score (nSPS) is 26.1. The van der Waals surface area contributed by atoms with Gasteiger partial charge in [0, 0.05) is 6.54 Å². The largest absolute Gasteiger partial charge is 0.373 e. The summed E-state index contributed by atoms with van der Waals surface area (Å²) in [5, 5.41) is 6.11. The van der Waals surface area contributed by atoms with Gasteiger partial charge in [0.2, 0.25) is 5.91 Å². The summed E-state index contributed by atoms with van der Waals surface area (Å²) in [5.41, 5.74) is -0.161. The number of hydrogen-bond donors (Lipinski definition) is 2. The lowest BCUT2D eigenvalue weighted by Gasteiger charge is -2.35. The van der Waals surface area contributed by atoms with Crippen molar-refractivity contribution in [2.24, 2.45) is 0 Å². The smallest absolute Gasteiger partial charge is 0.222 e. The van der Waals surface area contributed by atoms with E-state index in [4.69, 9.17) is 4.74 Å². The van der Waals surface area contributed by atoms with Crippen molar-refractivity contribution in [3.8, 4) is 0 Å². The van der Waals surface area contributed by atoms with Gasteiger partial charge in [-0.2, -0.15) is 0 Å². The van der Waals surface area contributed by atoms with Crippen LogP contribution in [0.25, 0.3) is 0 Å². The van der Waals surface area contributed by atoms with Crippen molar-refractivity contribution in [1.29, 1.82) is 0 Å². The topological polar surface area (TPSA) is 50.4 Å². The standard InChI is InChI=1S/C9H16N2O2.ClH/c12-8-7-9(13-6-5-11-8)1-3-10-4-2-9;/h10H,1-7H2,(H,11,12);1H. The van der Waals surface area contributed by atoms with Gasteiger partial charge in [-0.3, -0.25) is 4.79 Å². The maximum Gasteiger partial charge on any atom is 0.222 e. The molecule has 0 radical (unpaired) electrons. The van der Waals surface area contributed by atoms with Crippen LogP contribution < -0.4 is 10.6 Å². The molecule has 1 amide bonds. The van der Waals surface area contributed by atoms with Crippen molar-refractivity contribution in [1.82, 2.24) is 10.6 Å². The summed E-state index contributed by atoms with van der Waals surface area (Å²) in [7, 11) is 0. The first-order valence-electron chi connectivity index (χ1n) is 4.92. The summed E-state index contributed by atoms with van der Waals surface area (Å²) in [6.45, 7) is 3.25. The number of amides is 1. The lowest BCUT2D eigenvalue weighted by molar-refractivity contribution is -0.126. The highest BCUT2D eigenvalue weighted by molar-refractivity contribution is 5.85. The van der Waals surface area contributed by atoms with Crippen molar-refractivity contribution in [2.75, 3.05) is 26.2 Å². The molecule has 0 aliphatic carbocycles. The summed E-state index contributed by atoms with van der Waals surface area (Å²) in [6.07, 6.45) is 2.45. The first-order chi connectivity index (χ1) is 6.31. The highest BCUT2D eigenvalue weighted by atomic mass is 35.5. The van der Waals surface area contributed by atoms with Crippen LogP contribution in [0.4, 0.5) is 0 Å². The lowest BCUT2D eigenvalue weighted by Crippen LogP contribution is -2.45. The van der Waals surface area contributed by atoms with Crippen molar-refractivity contribution in [3.05, 3.63) is 0 Å². The van der Waals surface area contributed by atoms with Gasteiger partial charge in [-0.05, 0) is 25.9 Å². The molecule has 82 valence electrons. The quantitative estimate of drug-likeness (QED) is 0.608. The van der Waals surface area contributed by atoms with E-state index >= 15 is 0 Å². The third kappa shape index (κ3) is 2.59. The zero-order valence-corrected chi connectivity index (χ0v) is 8.99. The molecule has 2 aliphatic rings. The van der Waals surface area contributed by atoms with Gasteiger partial charge in [0.15, 0.2) is 0 Å². The SMILES string of the molecule is Cl.O=C1CC2(CCNCC2)OCCN1. The number of carbonyl (C=O) groups is 1. The Morgan fingerprint density at radius 3 is 2.64 bits per heavy atom. The molecular weight excluding hydrogens is 204 g/mol. The maximum absolute atomic E-state index is 11.3. The van der Waals surface area contributed by atoms with Crippen molar-refractivity contribution < 1.29 is 9.53 Å². The van der Waals surface area contributed by atoms with Crippen LogP contribution in [0.3, 0.4) is 0 Å². The van der Waals surface area contributed by atoms with Crippen molar-refractivity contribution >= 4 is 18.3 Å². The molecule has 0 aromatic carbocycles. The number of carbonyl (C=O) groups excluding carboxylic acids is 1. The average Bonchev–Trinajstić information content (AvgIpc) is 2.29. The summed E-state index contributed by atoms with van der Waals surface area (Å²) in [6, 6.07) is 0. The molecule has 2 aliphatic heterocycles. The first-order valence-corrected chi connectivity index (χ1v) is 4.92. The Labute approximate surface area is 90.2 Å². The number of halogens is 1. The molecule has 2 rings (SSSR count). The minimum atomic E-state index is -0.161. The van der Waals surface area contributed by atoms with E-state index < -0.39 is 0 Å². The summed E-state index contributed by atoms with van der Waals surface area (Å²) >= 11 is 0. The lowest BCUT2D eigenvalue weighted by atomic mass is 9.88. The van der Waals surface area contributed by atoms with Crippen LogP contribution in [0.15, 0.2) is 0 Å². The van der Waals surface area contributed by atoms with Gasteiger partial charge < -0.3 is 15.4 Å². The Balaban J connectivity index is 0.000000980.